The summed E-state index contributed by atoms with van der Waals surface area (Å²) in [6, 6.07) is 2.02. The van der Waals surface area contributed by atoms with Gasteiger partial charge in [-0.25, -0.2) is 0 Å². The smallest absolute Gasteiger partial charge is 0.203 e. The monoisotopic (exact) mass is 223 g/mol. The Hall–Kier alpha value is -1.42. The van der Waals surface area contributed by atoms with Gasteiger partial charge in [-0.05, 0) is 24.6 Å². The highest BCUT2D eigenvalue weighted by Gasteiger charge is 2.21. The normalized spacial score (nSPS) is 14.2. The average Bonchev–Trinajstić information content (AvgIpc) is 2.36. The van der Waals surface area contributed by atoms with Crippen LogP contribution < -0.4 is 19.5 Å². The second-order valence-electron chi connectivity index (χ2n) is 3.71. The molecule has 2 rings (SSSR count). The Kier molecular flexibility index (Phi) is 3.19. The van der Waals surface area contributed by atoms with E-state index in [1.165, 1.54) is 11.1 Å². The lowest BCUT2D eigenvalue weighted by molar-refractivity contribution is 0.320. The summed E-state index contributed by atoms with van der Waals surface area (Å²) >= 11 is 0. The van der Waals surface area contributed by atoms with Gasteiger partial charge in [0.15, 0.2) is 11.5 Å². The van der Waals surface area contributed by atoms with E-state index in [2.05, 4.69) is 5.32 Å². The lowest BCUT2D eigenvalue weighted by atomic mass is 9.99. The molecule has 1 aromatic carbocycles. The summed E-state index contributed by atoms with van der Waals surface area (Å²) < 4.78 is 16.1. The summed E-state index contributed by atoms with van der Waals surface area (Å²) in [5, 5.41) is 3.33. The van der Waals surface area contributed by atoms with Gasteiger partial charge in [0.25, 0.3) is 0 Å². The van der Waals surface area contributed by atoms with E-state index in [1.807, 2.05) is 6.07 Å². The third-order valence-corrected chi connectivity index (χ3v) is 2.89. The fourth-order valence-corrected chi connectivity index (χ4v) is 2.13. The molecule has 0 saturated carbocycles. The van der Waals surface area contributed by atoms with Crippen LogP contribution in [-0.2, 0) is 13.0 Å². The summed E-state index contributed by atoms with van der Waals surface area (Å²) in [5.74, 6) is 2.21. The van der Waals surface area contributed by atoms with Gasteiger partial charge in [0.2, 0.25) is 5.75 Å². The van der Waals surface area contributed by atoms with Crippen LogP contribution in [0.5, 0.6) is 17.2 Å². The highest BCUT2D eigenvalue weighted by molar-refractivity contribution is 5.59. The van der Waals surface area contributed by atoms with Gasteiger partial charge >= 0.3 is 0 Å². The van der Waals surface area contributed by atoms with Gasteiger partial charge in [-0.3, -0.25) is 0 Å². The molecule has 1 aliphatic heterocycles. The summed E-state index contributed by atoms with van der Waals surface area (Å²) in [6.07, 6.45) is 0.957. The number of benzene rings is 1. The van der Waals surface area contributed by atoms with E-state index >= 15 is 0 Å². The fourth-order valence-electron chi connectivity index (χ4n) is 2.13. The minimum atomic E-state index is 0.686. The van der Waals surface area contributed by atoms with Crippen molar-refractivity contribution >= 4 is 0 Å². The molecule has 0 amide bonds. The van der Waals surface area contributed by atoms with E-state index < -0.39 is 0 Å². The Bertz CT molecular complexity index is 376. The van der Waals surface area contributed by atoms with Crippen molar-refractivity contribution < 1.29 is 14.2 Å². The van der Waals surface area contributed by atoms with Crippen molar-refractivity contribution in [1.82, 2.24) is 5.32 Å². The van der Waals surface area contributed by atoms with Crippen molar-refractivity contribution in [3.8, 4) is 17.2 Å². The second kappa shape index (κ2) is 4.61. The molecule has 4 heteroatoms. The third kappa shape index (κ3) is 1.69. The zero-order chi connectivity index (χ0) is 11.5. The van der Waals surface area contributed by atoms with Crippen molar-refractivity contribution in [2.24, 2.45) is 0 Å². The maximum absolute atomic E-state index is 5.44. The summed E-state index contributed by atoms with van der Waals surface area (Å²) in [5.41, 5.74) is 2.44. The molecular formula is C12H17NO3. The van der Waals surface area contributed by atoms with Gasteiger partial charge in [-0.2, -0.15) is 0 Å². The van der Waals surface area contributed by atoms with E-state index in [4.69, 9.17) is 14.2 Å². The first-order valence-corrected chi connectivity index (χ1v) is 5.33. The standard InChI is InChI=1S/C12H17NO3/c1-14-10-6-8-7-13-5-4-9(8)11(15-2)12(10)16-3/h6,13H,4-5,7H2,1-3H3. The number of hydrogen-bond donors (Lipinski definition) is 1. The predicted molar refractivity (Wildman–Crippen MR) is 61.5 cm³/mol. The zero-order valence-corrected chi connectivity index (χ0v) is 9.92. The molecule has 4 nitrogen and oxygen atoms in total. The van der Waals surface area contributed by atoms with Gasteiger partial charge < -0.3 is 19.5 Å². The fraction of sp³-hybridized carbons (Fsp3) is 0.500. The van der Waals surface area contributed by atoms with Crippen molar-refractivity contribution in [2.45, 2.75) is 13.0 Å². The van der Waals surface area contributed by atoms with Crippen molar-refractivity contribution in [3.05, 3.63) is 17.2 Å². The zero-order valence-electron chi connectivity index (χ0n) is 9.92. The number of fused-ring (bicyclic) bond motifs is 1. The molecule has 0 spiro atoms. The first-order valence-electron chi connectivity index (χ1n) is 5.33. The van der Waals surface area contributed by atoms with Crippen LogP contribution in [0.1, 0.15) is 11.1 Å². The van der Waals surface area contributed by atoms with Crippen LogP contribution in [0.4, 0.5) is 0 Å². The molecule has 1 heterocycles. The van der Waals surface area contributed by atoms with Gasteiger partial charge in [-0.1, -0.05) is 0 Å². The molecule has 0 bridgehead atoms. The molecule has 1 N–H and O–H groups in total. The van der Waals surface area contributed by atoms with Crippen molar-refractivity contribution in [2.75, 3.05) is 27.9 Å². The lowest BCUT2D eigenvalue weighted by Crippen LogP contribution is -2.24. The molecular weight excluding hydrogens is 206 g/mol. The number of rotatable bonds is 3. The Morgan fingerprint density at radius 1 is 1.06 bits per heavy atom. The molecule has 1 aliphatic rings. The first-order chi connectivity index (χ1) is 7.81. The van der Waals surface area contributed by atoms with E-state index in [1.54, 1.807) is 21.3 Å². The molecule has 0 atom stereocenters. The topological polar surface area (TPSA) is 39.7 Å². The maximum atomic E-state index is 5.44. The second-order valence-corrected chi connectivity index (χ2v) is 3.71. The predicted octanol–water partition coefficient (Wildman–Crippen LogP) is 1.36. The maximum Gasteiger partial charge on any atom is 0.203 e. The molecule has 88 valence electrons. The third-order valence-electron chi connectivity index (χ3n) is 2.89. The van der Waals surface area contributed by atoms with Gasteiger partial charge in [0.05, 0.1) is 21.3 Å². The van der Waals surface area contributed by atoms with Crippen LogP contribution >= 0.6 is 0 Å². The quantitative estimate of drug-likeness (QED) is 0.840. The Morgan fingerprint density at radius 2 is 1.81 bits per heavy atom. The van der Waals surface area contributed by atoms with Crippen LogP contribution in [0.3, 0.4) is 0 Å². The minimum absolute atomic E-state index is 0.686. The highest BCUT2D eigenvalue weighted by Crippen LogP contribution is 2.42. The van der Waals surface area contributed by atoms with Crippen LogP contribution in [0, 0.1) is 0 Å². The SMILES string of the molecule is COc1cc2c(c(OC)c1OC)CCNC2. The molecule has 0 radical (unpaired) electrons. The van der Waals surface area contributed by atoms with Gasteiger partial charge in [0.1, 0.15) is 0 Å². The number of ether oxygens (including phenoxy) is 3. The number of nitrogens with one attached hydrogen (secondary N) is 1. The first kappa shape index (κ1) is 11.1. The Balaban J connectivity index is 2.59. The van der Waals surface area contributed by atoms with Gasteiger partial charge in [-0.15, -0.1) is 0 Å². The average molecular weight is 223 g/mol. The Morgan fingerprint density at radius 3 is 2.44 bits per heavy atom. The Labute approximate surface area is 95.5 Å². The van der Waals surface area contributed by atoms with E-state index in [0.29, 0.717) is 5.75 Å². The molecule has 0 aromatic heterocycles. The molecule has 0 unspecified atom stereocenters. The lowest BCUT2D eigenvalue weighted by Gasteiger charge is -2.23. The van der Waals surface area contributed by atoms with E-state index in [0.717, 1.165) is 31.0 Å². The minimum Gasteiger partial charge on any atom is -0.493 e. The van der Waals surface area contributed by atoms with Crippen LogP contribution in [0.25, 0.3) is 0 Å². The summed E-state index contributed by atoms with van der Waals surface area (Å²) in [4.78, 5) is 0. The van der Waals surface area contributed by atoms with E-state index in [-0.39, 0.29) is 0 Å². The van der Waals surface area contributed by atoms with Crippen molar-refractivity contribution in [1.29, 1.82) is 0 Å². The molecule has 0 saturated heterocycles. The van der Waals surface area contributed by atoms with Crippen LogP contribution in [0.2, 0.25) is 0 Å². The summed E-state index contributed by atoms with van der Waals surface area (Å²) in [7, 11) is 4.94. The van der Waals surface area contributed by atoms with Crippen molar-refractivity contribution in [3.63, 3.8) is 0 Å². The largest absolute Gasteiger partial charge is 0.493 e. The van der Waals surface area contributed by atoms with Crippen LogP contribution in [-0.4, -0.2) is 27.9 Å². The molecule has 0 fully saturated rings. The highest BCUT2D eigenvalue weighted by atomic mass is 16.5. The summed E-state index contributed by atoms with van der Waals surface area (Å²) in [6.45, 7) is 1.82. The van der Waals surface area contributed by atoms with E-state index in [9.17, 15) is 0 Å². The van der Waals surface area contributed by atoms with Crippen LogP contribution in [0.15, 0.2) is 6.07 Å². The molecule has 1 aromatic rings. The number of hydrogen-bond acceptors (Lipinski definition) is 4. The number of methoxy groups -OCH3 is 3. The van der Waals surface area contributed by atoms with Gasteiger partial charge in [0, 0.05) is 12.1 Å². The molecule has 16 heavy (non-hydrogen) atoms. The molecule has 0 aliphatic carbocycles.